The molecule has 142 valence electrons. The summed E-state index contributed by atoms with van der Waals surface area (Å²) in [5, 5.41) is 8.65. The number of sulfone groups is 1. The Bertz CT molecular complexity index is 1040. The zero-order chi connectivity index (χ0) is 19.4. The third-order valence-electron chi connectivity index (χ3n) is 3.55. The fourth-order valence-corrected chi connectivity index (χ4v) is 5.40. The zero-order valence-electron chi connectivity index (χ0n) is 14.1. The number of ether oxygens (including phenoxy) is 1. The van der Waals surface area contributed by atoms with Crippen LogP contribution in [0.5, 0.6) is 5.75 Å². The highest BCUT2D eigenvalue weighted by atomic mass is 35.5. The van der Waals surface area contributed by atoms with Gasteiger partial charge in [-0.25, -0.2) is 8.42 Å². The number of methoxy groups -OCH3 is 1. The van der Waals surface area contributed by atoms with Crippen LogP contribution in [0.25, 0.3) is 11.5 Å². The summed E-state index contributed by atoms with van der Waals surface area (Å²) in [5.41, 5.74) is 0.744. The first-order valence-corrected chi connectivity index (χ1v) is 11.1. The van der Waals surface area contributed by atoms with E-state index in [1.807, 2.05) is 0 Å². The fraction of sp³-hybridized carbons (Fsp3) is 0.176. The number of aromatic nitrogens is 2. The number of benzene rings is 2. The molecule has 0 radical (unpaired) electrons. The lowest BCUT2D eigenvalue weighted by Crippen LogP contribution is -2.09. The number of nitrogens with zero attached hydrogens (tertiary/aromatic N) is 2. The van der Waals surface area contributed by atoms with E-state index in [9.17, 15) is 8.42 Å². The van der Waals surface area contributed by atoms with Crippen molar-refractivity contribution >= 4 is 44.8 Å². The molecule has 0 amide bonds. The van der Waals surface area contributed by atoms with Crippen molar-refractivity contribution in [3.05, 3.63) is 52.5 Å². The summed E-state index contributed by atoms with van der Waals surface area (Å²) in [6.45, 7) is 0. The first-order chi connectivity index (χ1) is 12.9. The van der Waals surface area contributed by atoms with Crippen LogP contribution >= 0.6 is 35.0 Å². The predicted molar refractivity (Wildman–Crippen MR) is 106 cm³/mol. The molecule has 0 aliphatic carbocycles. The van der Waals surface area contributed by atoms with Gasteiger partial charge < -0.3 is 9.15 Å². The molecule has 0 bridgehead atoms. The Balaban J connectivity index is 1.64. The molecule has 2 aromatic carbocycles. The summed E-state index contributed by atoms with van der Waals surface area (Å²) in [7, 11) is -1.99. The standard InChI is InChI=1S/C17H14Cl2N2O4S2/c1-24-13-5-2-11(3-6-13)16-20-21-17(25-16)26-8-9-27(22,23)15-10-12(18)4-7-14(15)19/h2-7,10H,8-9H2,1H3. The third-order valence-corrected chi connectivity index (χ3v) is 7.05. The Morgan fingerprint density at radius 3 is 2.56 bits per heavy atom. The van der Waals surface area contributed by atoms with E-state index in [0.29, 0.717) is 10.9 Å². The molecule has 1 aromatic heterocycles. The molecule has 0 unspecified atom stereocenters. The Kier molecular flexibility index (Phi) is 6.31. The van der Waals surface area contributed by atoms with Crippen LogP contribution in [0.4, 0.5) is 0 Å². The van der Waals surface area contributed by atoms with E-state index in [4.69, 9.17) is 32.4 Å². The molecular weight excluding hydrogens is 431 g/mol. The summed E-state index contributed by atoms with van der Waals surface area (Å²) in [6, 6.07) is 11.5. The molecule has 0 fully saturated rings. The lowest BCUT2D eigenvalue weighted by molar-refractivity contribution is 0.414. The number of thioether (sulfide) groups is 1. The van der Waals surface area contributed by atoms with Crippen molar-refractivity contribution < 1.29 is 17.6 Å². The summed E-state index contributed by atoms with van der Waals surface area (Å²) >= 11 is 13.0. The highest BCUT2D eigenvalue weighted by molar-refractivity contribution is 8.00. The topological polar surface area (TPSA) is 82.3 Å². The van der Waals surface area contributed by atoms with E-state index in [1.165, 1.54) is 18.2 Å². The molecule has 0 saturated heterocycles. The minimum absolute atomic E-state index is 0.0155. The molecule has 1 heterocycles. The van der Waals surface area contributed by atoms with Crippen molar-refractivity contribution in [1.29, 1.82) is 0 Å². The van der Waals surface area contributed by atoms with E-state index >= 15 is 0 Å². The summed E-state index contributed by atoms with van der Waals surface area (Å²) in [4.78, 5) is 0.0155. The van der Waals surface area contributed by atoms with Gasteiger partial charge in [-0.15, -0.1) is 10.2 Å². The van der Waals surface area contributed by atoms with Crippen LogP contribution in [0.3, 0.4) is 0 Å². The van der Waals surface area contributed by atoms with E-state index < -0.39 is 9.84 Å². The Labute approximate surface area is 170 Å². The Morgan fingerprint density at radius 1 is 1.11 bits per heavy atom. The van der Waals surface area contributed by atoms with Crippen LogP contribution in [0.1, 0.15) is 0 Å². The van der Waals surface area contributed by atoms with Gasteiger partial charge in [0, 0.05) is 16.3 Å². The van der Waals surface area contributed by atoms with Gasteiger partial charge in [0.15, 0.2) is 9.84 Å². The van der Waals surface area contributed by atoms with E-state index in [2.05, 4.69) is 10.2 Å². The van der Waals surface area contributed by atoms with Crippen LogP contribution in [-0.4, -0.2) is 37.2 Å². The van der Waals surface area contributed by atoms with Crippen LogP contribution in [0, 0.1) is 0 Å². The van der Waals surface area contributed by atoms with Crippen molar-refractivity contribution in [1.82, 2.24) is 10.2 Å². The Morgan fingerprint density at radius 2 is 1.85 bits per heavy atom. The minimum atomic E-state index is -3.58. The second-order valence-electron chi connectivity index (χ2n) is 5.34. The number of halogens is 2. The van der Waals surface area contributed by atoms with Gasteiger partial charge in [-0.2, -0.15) is 0 Å². The second kappa shape index (κ2) is 8.52. The zero-order valence-corrected chi connectivity index (χ0v) is 17.2. The molecule has 3 rings (SSSR count). The molecule has 0 aliphatic heterocycles. The monoisotopic (exact) mass is 444 g/mol. The molecular formula is C17H14Cl2N2O4S2. The lowest BCUT2D eigenvalue weighted by Gasteiger charge is -2.06. The second-order valence-corrected chi connectivity index (χ2v) is 9.31. The quantitative estimate of drug-likeness (QED) is 0.491. The van der Waals surface area contributed by atoms with Crippen molar-refractivity contribution in [2.24, 2.45) is 0 Å². The van der Waals surface area contributed by atoms with Crippen LogP contribution in [0.15, 0.2) is 57.0 Å². The Hall–Kier alpha value is -1.74. The lowest BCUT2D eigenvalue weighted by atomic mass is 10.2. The highest BCUT2D eigenvalue weighted by Gasteiger charge is 2.19. The summed E-state index contributed by atoms with van der Waals surface area (Å²) < 4.78 is 35.6. The fourth-order valence-electron chi connectivity index (χ4n) is 2.18. The van der Waals surface area contributed by atoms with Crippen LogP contribution in [0.2, 0.25) is 10.0 Å². The van der Waals surface area contributed by atoms with Crippen LogP contribution in [-0.2, 0) is 9.84 Å². The van der Waals surface area contributed by atoms with Crippen molar-refractivity contribution in [3.8, 4) is 17.2 Å². The molecule has 0 N–H and O–H groups in total. The van der Waals surface area contributed by atoms with E-state index in [-0.39, 0.29) is 26.6 Å². The molecule has 0 aliphatic rings. The van der Waals surface area contributed by atoms with Crippen molar-refractivity contribution in [2.75, 3.05) is 18.6 Å². The predicted octanol–water partition coefficient (Wildman–Crippen LogP) is 4.62. The number of rotatable bonds is 7. The molecule has 0 spiro atoms. The highest BCUT2D eigenvalue weighted by Crippen LogP contribution is 2.28. The minimum Gasteiger partial charge on any atom is -0.497 e. The van der Waals surface area contributed by atoms with Gasteiger partial charge in [-0.3, -0.25) is 0 Å². The third kappa shape index (κ3) is 4.95. The van der Waals surface area contributed by atoms with Gasteiger partial charge in [0.1, 0.15) is 5.75 Å². The maximum atomic E-state index is 12.4. The van der Waals surface area contributed by atoms with Gasteiger partial charge in [0.25, 0.3) is 5.22 Å². The molecule has 6 nitrogen and oxygen atoms in total. The molecule has 27 heavy (non-hydrogen) atoms. The summed E-state index contributed by atoms with van der Waals surface area (Å²) in [6.07, 6.45) is 0. The van der Waals surface area contributed by atoms with Crippen LogP contribution < -0.4 is 4.74 Å². The van der Waals surface area contributed by atoms with E-state index in [0.717, 1.165) is 23.1 Å². The van der Waals surface area contributed by atoms with Gasteiger partial charge in [0.2, 0.25) is 5.89 Å². The maximum Gasteiger partial charge on any atom is 0.276 e. The average molecular weight is 445 g/mol. The summed E-state index contributed by atoms with van der Waals surface area (Å²) in [5.74, 6) is 1.16. The van der Waals surface area contributed by atoms with Gasteiger partial charge >= 0.3 is 0 Å². The number of hydrogen-bond acceptors (Lipinski definition) is 7. The van der Waals surface area contributed by atoms with E-state index in [1.54, 1.807) is 31.4 Å². The first-order valence-electron chi connectivity index (χ1n) is 7.67. The largest absolute Gasteiger partial charge is 0.497 e. The van der Waals surface area contributed by atoms with Gasteiger partial charge in [0.05, 0.1) is 22.8 Å². The normalized spacial score (nSPS) is 11.5. The molecule has 3 aromatic rings. The molecule has 0 atom stereocenters. The maximum absolute atomic E-state index is 12.4. The van der Waals surface area contributed by atoms with Crippen molar-refractivity contribution in [2.45, 2.75) is 10.1 Å². The number of hydrogen-bond donors (Lipinski definition) is 0. The smallest absolute Gasteiger partial charge is 0.276 e. The first kappa shape index (κ1) is 20.0. The van der Waals surface area contributed by atoms with Gasteiger partial charge in [-0.05, 0) is 42.5 Å². The SMILES string of the molecule is COc1ccc(-c2nnc(SCCS(=O)(=O)c3cc(Cl)ccc3Cl)o2)cc1. The van der Waals surface area contributed by atoms with Gasteiger partial charge in [-0.1, -0.05) is 35.0 Å². The molecule has 0 saturated carbocycles. The van der Waals surface area contributed by atoms with Crippen molar-refractivity contribution in [3.63, 3.8) is 0 Å². The average Bonchev–Trinajstić information content (AvgIpc) is 3.12. The molecule has 10 heteroatoms.